The molecule has 0 atom stereocenters. The van der Waals surface area contributed by atoms with Crippen LogP contribution in [0.1, 0.15) is 17.5 Å². The van der Waals surface area contributed by atoms with Crippen LogP contribution in [-0.4, -0.2) is 18.3 Å². The fourth-order valence-corrected chi connectivity index (χ4v) is 1.25. The van der Waals surface area contributed by atoms with Gasteiger partial charge in [0.2, 0.25) is 0 Å². The Hall–Kier alpha value is -1.44. The van der Waals surface area contributed by atoms with E-state index in [4.69, 9.17) is 10.4 Å². The maximum Gasteiger partial charge on any atom is 0.124 e. The number of nitrogens with zero attached hydrogens (tertiary/aromatic N) is 1. The highest BCUT2D eigenvalue weighted by Crippen LogP contribution is 2.08. The molecule has 15 heavy (non-hydrogen) atoms. The molecule has 1 rings (SSSR count). The average Bonchev–Trinajstić information content (AvgIpc) is 2.23. The van der Waals surface area contributed by atoms with Crippen molar-refractivity contribution < 1.29 is 9.50 Å². The van der Waals surface area contributed by atoms with Crippen molar-refractivity contribution in [1.29, 1.82) is 5.26 Å². The van der Waals surface area contributed by atoms with Crippen molar-refractivity contribution in [3.63, 3.8) is 0 Å². The standard InChI is InChI=1S/C11H13FN2O/c12-11-5-9(7-13)4-10(6-11)8-14-2-1-3-15/h4-6,14-15H,1-3,8H2. The highest BCUT2D eigenvalue weighted by atomic mass is 19.1. The lowest BCUT2D eigenvalue weighted by molar-refractivity contribution is 0.286. The van der Waals surface area contributed by atoms with Crippen LogP contribution in [0.2, 0.25) is 0 Å². The number of aliphatic hydroxyl groups excluding tert-OH is 1. The molecule has 0 heterocycles. The first-order valence-electron chi connectivity index (χ1n) is 4.77. The normalized spacial score (nSPS) is 9.93. The molecule has 1 aromatic rings. The number of benzene rings is 1. The Morgan fingerprint density at radius 3 is 2.87 bits per heavy atom. The van der Waals surface area contributed by atoms with Crippen molar-refractivity contribution in [3.05, 3.63) is 35.1 Å². The van der Waals surface area contributed by atoms with Gasteiger partial charge < -0.3 is 10.4 Å². The Morgan fingerprint density at radius 2 is 2.20 bits per heavy atom. The summed E-state index contributed by atoms with van der Waals surface area (Å²) in [6.45, 7) is 1.32. The van der Waals surface area contributed by atoms with Gasteiger partial charge in [0.05, 0.1) is 11.6 Å². The van der Waals surface area contributed by atoms with Crippen molar-refractivity contribution in [2.24, 2.45) is 0 Å². The molecule has 0 fully saturated rings. The largest absolute Gasteiger partial charge is 0.396 e. The molecule has 0 bridgehead atoms. The molecule has 80 valence electrons. The van der Waals surface area contributed by atoms with Crippen LogP contribution < -0.4 is 5.32 Å². The predicted octanol–water partition coefficient (Wildman–Crippen LogP) is 1.17. The van der Waals surface area contributed by atoms with Gasteiger partial charge in [0.15, 0.2) is 0 Å². The lowest BCUT2D eigenvalue weighted by Gasteiger charge is -2.04. The zero-order valence-corrected chi connectivity index (χ0v) is 8.33. The first-order valence-corrected chi connectivity index (χ1v) is 4.77. The van der Waals surface area contributed by atoms with Gasteiger partial charge in [0.1, 0.15) is 5.82 Å². The van der Waals surface area contributed by atoms with Gasteiger partial charge >= 0.3 is 0 Å². The van der Waals surface area contributed by atoms with Gasteiger partial charge in [-0.25, -0.2) is 4.39 Å². The van der Waals surface area contributed by atoms with Crippen molar-refractivity contribution in [3.8, 4) is 6.07 Å². The Morgan fingerprint density at radius 1 is 1.40 bits per heavy atom. The van der Waals surface area contributed by atoms with Gasteiger partial charge in [-0.2, -0.15) is 5.26 Å². The zero-order valence-electron chi connectivity index (χ0n) is 8.33. The number of nitrogens with one attached hydrogen (secondary N) is 1. The molecule has 0 aliphatic rings. The molecule has 0 radical (unpaired) electrons. The quantitative estimate of drug-likeness (QED) is 0.714. The van der Waals surface area contributed by atoms with Crippen LogP contribution in [0.15, 0.2) is 18.2 Å². The third-order valence-corrected chi connectivity index (χ3v) is 1.93. The SMILES string of the molecule is N#Cc1cc(F)cc(CNCCCO)c1. The molecule has 0 unspecified atom stereocenters. The monoisotopic (exact) mass is 208 g/mol. The van der Waals surface area contributed by atoms with Crippen molar-refractivity contribution >= 4 is 0 Å². The molecule has 0 saturated carbocycles. The lowest BCUT2D eigenvalue weighted by atomic mass is 10.1. The van der Waals surface area contributed by atoms with Gasteiger partial charge in [-0.3, -0.25) is 0 Å². The highest BCUT2D eigenvalue weighted by molar-refractivity contribution is 5.33. The van der Waals surface area contributed by atoms with Gasteiger partial charge in [-0.15, -0.1) is 0 Å². The molecular formula is C11H13FN2O. The summed E-state index contributed by atoms with van der Waals surface area (Å²) in [5.41, 5.74) is 1.07. The summed E-state index contributed by atoms with van der Waals surface area (Å²) in [7, 11) is 0. The minimum Gasteiger partial charge on any atom is -0.396 e. The first-order chi connectivity index (χ1) is 7.26. The van der Waals surface area contributed by atoms with Crippen LogP contribution in [0.4, 0.5) is 4.39 Å². The molecule has 4 heteroatoms. The van der Waals surface area contributed by atoms with E-state index in [-0.39, 0.29) is 6.61 Å². The lowest BCUT2D eigenvalue weighted by Crippen LogP contribution is -2.15. The van der Waals surface area contributed by atoms with E-state index in [9.17, 15) is 4.39 Å². The van der Waals surface area contributed by atoms with Crippen LogP contribution in [0.25, 0.3) is 0 Å². The van der Waals surface area contributed by atoms with E-state index in [1.54, 1.807) is 6.07 Å². The van der Waals surface area contributed by atoms with Crippen molar-refractivity contribution in [1.82, 2.24) is 5.32 Å². The molecule has 2 N–H and O–H groups in total. The Balaban J connectivity index is 2.54. The molecule has 3 nitrogen and oxygen atoms in total. The van der Waals surface area contributed by atoms with E-state index < -0.39 is 5.82 Å². The van der Waals surface area contributed by atoms with Crippen LogP contribution in [0, 0.1) is 17.1 Å². The molecule has 0 aliphatic heterocycles. The minimum absolute atomic E-state index is 0.138. The number of halogens is 1. The van der Waals surface area contributed by atoms with E-state index in [1.807, 2.05) is 6.07 Å². The molecular weight excluding hydrogens is 195 g/mol. The molecule has 0 saturated heterocycles. The maximum absolute atomic E-state index is 13.0. The molecule has 0 aliphatic carbocycles. The maximum atomic E-state index is 13.0. The second-order valence-electron chi connectivity index (χ2n) is 3.21. The number of hydrogen-bond donors (Lipinski definition) is 2. The number of hydrogen-bond acceptors (Lipinski definition) is 3. The van der Waals surface area contributed by atoms with E-state index in [2.05, 4.69) is 5.32 Å². The highest BCUT2D eigenvalue weighted by Gasteiger charge is 1.99. The summed E-state index contributed by atoms with van der Waals surface area (Å²) in [6.07, 6.45) is 0.667. The Bertz CT molecular complexity index is 360. The number of rotatable bonds is 5. The summed E-state index contributed by atoms with van der Waals surface area (Å²) in [5.74, 6) is -0.395. The molecule has 1 aromatic carbocycles. The summed E-state index contributed by atoms with van der Waals surface area (Å²) < 4.78 is 13.0. The van der Waals surface area contributed by atoms with Crippen LogP contribution >= 0.6 is 0 Å². The summed E-state index contributed by atoms with van der Waals surface area (Å²) in [6, 6.07) is 6.15. The van der Waals surface area contributed by atoms with Gasteiger partial charge in [0, 0.05) is 13.2 Å². The number of nitriles is 1. The van der Waals surface area contributed by atoms with Crippen LogP contribution in [0.5, 0.6) is 0 Å². The Labute approximate surface area is 88.2 Å². The third-order valence-electron chi connectivity index (χ3n) is 1.93. The zero-order chi connectivity index (χ0) is 11.1. The van der Waals surface area contributed by atoms with Gasteiger partial charge in [0.25, 0.3) is 0 Å². The fourth-order valence-electron chi connectivity index (χ4n) is 1.25. The van der Waals surface area contributed by atoms with Gasteiger partial charge in [-0.05, 0) is 36.7 Å². The smallest absolute Gasteiger partial charge is 0.124 e. The summed E-state index contributed by atoms with van der Waals surface area (Å²) in [4.78, 5) is 0. The number of aliphatic hydroxyl groups is 1. The van der Waals surface area contributed by atoms with E-state index in [0.29, 0.717) is 25.1 Å². The van der Waals surface area contributed by atoms with Crippen LogP contribution in [-0.2, 0) is 6.54 Å². The fraction of sp³-hybridized carbons (Fsp3) is 0.364. The molecule has 0 amide bonds. The van der Waals surface area contributed by atoms with E-state index >= 15 is 0 Å². The van der Waals surface area contributed by atoms with Crippen molar-refractivity contribution in [2.75, 3.05) is 13.2 Å². The third kappa shape index (κ3) is 4.07. The van der Waals surface area contributed by atoms with Crippen LogP contribution in [0.3, 0.4) is 0 Å². The van der Waals surface area contributed by atoms with Crippen molar-refractivity contribution in [2.45, 2.75) is 13.0 Å². The second kappa shape index (κ2) is 6.12. The van der Waals surface area contributed by atoms with E-state index in [1.165, 1.54) is 12.1 Å². The predicted molar refractivity (Wildman–Crippen MR) is 54.5 cm³/mol. The second-order valence-corrected chi connectivity index (χ2v) is 3.21. The topological polar surface area (TPSA) is 56.0 Å². The molecule has 0 aromatic heterocycles. The molecule has 0 spiro atoms. The minimum atomic E-state index is -0.395. The first kappa shape index (κ1) is 11.6. The van der Waals surface area contributed by atoms with Gasteiger partial charge in [-0.1, -0.05) is 0 Å². The van der Waals surface area contributed by atoms with E-state index in [0.717, 1.165) is 5.56 Å². The average molecular weight is 208 g/mol. The summed E-state index contributed by atoms with van der Waals surface area (Å²) >= 11 is 0. The summed E-state index contributed by atoms with van der Waals surface area (Å²) in [5, 5.41) is 20.2. The Kier molecular flexibility index (Phi) is 4.75.